The molecule has 10 nitrogen and oxygen atoms in total. The van der Waals surface area contributed by atoms with Gasteiger partial charge in [0.15, 0.2) is 5.69 Å². The Hall–Kier alpha value is -3.08. The van der Waals surface area contributed by atoms with E-state index in [4.69, 9.17) is 21.4 Å². The van der Waals surface area contributed by atoms with Crippen LogP contribution in [0.25, 0.3) is 0 Å². The van der Waals surface area contributed by atoms with E-state index in [1.807, 2.05) is 14.0 Å². The highest BCUT2D eigenvalue weighted by Crippen LogP contribution is 2.35. The molecule has 34 heavy (non-hydrogen) atoms. The van der Waals surface area contributed by atoms with Crippen LogP contribution in [-0.4, -0.2) is 82.2 Å². The molecule has 1 saturated heterocycles. The maximum atomic E-state index is 12.8. The summed E-state index contributed by atoms with van der Waals surface area (Å²) in [5, 5.41) is 7.44. The van der Waals surface area contributed by atoms with Gasteiger partial charge in [0.25, 0.3) is 5.91 Å². The number of pyridine rings is 1. The maximum absolute atomic E-state index is 12.8. The monoisotopic (exact) mass is 490 g/mol. The molecule has 1 N–H and O–H groups in total. The zero-order valence-corrected chi connectivity index (χ0v) is 20.9. The van der Waals surface area contributed by atoms with E-state index >= 15 is 0 Å². The second kappa shape index (κ2) is 13.0. The van der Waals surface area contributed by atoms with Crippen molar-refractivity contribution >= 4 is 29.4 Å². The average Bonchev–Trinajstić information content (AvgIpc) is 3.13. The molecule has 2 aliphatic rings. The molecule has 184 valence electrons. The third-order valence-corrected chi connectivity index (χ3v) is 5.35. The van der Waals surface area contributed by atoms with Crippen LogP contribution in [0.4, 0.5) is 10.6 Å². The smallest absolute Gasteiger partial charge is 0.412 e. The Balaban J connectivity index is 0.000000520. The van der Waals surface area contributed by atoms with Crippen LogP contribution < -0.4 is 4.90 Å². The van der Waals surface area contributed by atoms with Gasteiger partial charge in [-0.2, -0.15) is 0 Å². The number of piperazine rings is 1. The second-order valence-electron chi connectivity index (χ2n) is 7.69. The number of aliphatic hydroxyl groups excluding tert-OH is 1. The number of rotatable bonds is 2. The average molecular weight is 491 g/mol. The second-order valence-corrected chi connectivity index (χ2v) is 8.13. The Bertz CT molecular complexity index is 989. The Labute approximate surface area is 204 Å². The van der Waals surface area contributed by atoms with Crippen molar-refractivity contribution in [2.24, 2.45) is 0 Å². The number of ether oxygens (including phenoxy) is 1. The van der Waals surface area contributed by atoms with Gasteiger partial charge in [0.1, 0.15) is 11.5 Å². The third kappa shape index (κ3) is 6.72. The lowest BCUT2D eigenvalue weighted by molar-refractivity contribution is 0.0476. The van der Waals surface area contributed by atoms with E-state index < -0.39 is 18.2 Å². The van der Waals surface area contributed by atoms with E-state index in [2.05, 4.69) is 39.8 Å². The first-order chi connectivity index (χ1) is 16.3. The van der Waals surface area contributed by atoms with Gasteiger partial charge in [0.2, 0.25) is 6.23 Å². The van der Waals surface area contributed by atoms with Gasteiger partial charge >= 0.3 is 6.09 Å². The van der Waals surface area contributed by atoms with Gasteiger partial charge in [-0.1, -0.05) is 23.3 Å². The van der Waals surface area contributed by atoms with Crippen LogP contribution in [0.15, 0.2) is 42.4 Å². The highest BCUT2D eigenvalue weighted by Gasteiger charge is 2.44. The minimum Gasteiger partial charge on any atom is -0.419 e. The standard InChI is InChI=1S/C17H17ClN6O3.C5H10.CH4O/c1-22-6-8-23(9-7-22)17(26)27-16-14-13(19-4-5-20-14)15(25)24(16)12-3-2-11(18)10-21-12;1-4-5(2)3;1-2/h2-5,10,16H,6-9H2,1H3;4H,1-3H3;2H,1H3/t16-;;/m0../s1. The Morgan fingerprint density at radius 1 is 1.12 bits per heavy atom. The summed E-state index contributed by atoms with van der Waals surface area (Å²) in [5.41, 5.74) is 1.82. The van der Waals surface area contributed by atoms with Gasteiger partial charge in [-0.15, -0.1) is 0 Å². The molecule has 1 atom stereocenters. The van der Waals surface area contributed by atoms with Crippen LogP contribution in [0.5, 0.6) is 0 Å². The van der Waals surface area contributed by atoms with Crippen LogP contribution >= 0.6 is 11.6 Å². The van der Waals surface area contributed by atoms with E-state index in [0.717, 1.165) is 20.2 Å². The summed E-state index contributed by atoms with van der Waals surface area (Å²) in [7, 11) is 3.00. The molecule has 0 aliphatic carbocycles. The van der Waals surface area contributed by atoms with Crippen LogP contribution in [-0.2, 0) is 4.74 Å². The van der Waals surface area contributed by atoms with Crippen molar-refractivity contribution < 1.29 is 19.4 Å². The maximum Gasteiger partial charge on any atom is 0.412 e. The summed E-state index contributed by atoms with van der Waals surface area (Å²) in [6.07, 6.45) is 4.87. The molecule has 0 radical (unpaired) electrons. The van der Waals surface area contributed by atoms with Crippen LogP contribution in [0.1, 0.15) is 43.2 Å². The van der Waals surface area contributed by atoms with E-state index in [-0.39, 0.29) is 5.69 Å². The fourth-order valence-corrected chi connectivity index (χ4v) is 3.15. The van der Waals surface area contributed by atoms with Gasteiger partial charge in [0, 0.05) is 51.9 Å². The highest BCUT2D eigenvalue weighted by molar-refractivity contribution is 6.30. The Morgan fingerprint density at radius 3 is 2.29 bits per heavy atom. The molecule has 0 saturated carbocycles. The molecule has 2 aliphatic heterocycles. The summed E-state index contributed by atoms with van der Waals surface area (Å²) in [5.74, 6) is -0.121. The lowest BCUT2D eigenvalue weighted by atomic mass is 10.3. The number of halogens is 1. The number of likely N-dealkylation sites (N-methyl/N-ethyl adjacent to an activating group) is 1. The first-order valence-electron chi connectivity index (χ1n) is 10.8. The molecule has 2 amide bonds. The van der Waals surface area contributed by atoms with Gasteiger partial charge < -0.3 is 19.6 Å². The van der Waals surface area contributed by atoms with Gasteiger partial charge in [0.05, 0.1) is 5.02 Å². The zero-order chi connectivity index (χ0) is 25.3. The van der Waals surface area contributed by atoms with Gasteiger partial charge in [-0.05, 0) is 40.0 Å². The number of hydrogen-bond donors (Lipinski definition) is 1. The van der Waals surface area contributed by atoms with E-state index in [1.54, 1.807) is 17.0 Å². The predicted octanol–water partition coefficient (Wildman–Crippen LogP) is 3.15. The molecule has 2 aromatic heterocycles. The van der Waals surface area contributed by atoms with Crippen molar-refractivity contribution in [1.82, 2.24) is 24.8 Å². The van der Waals surface area contributed by atoms with Crippen LogP contribution in [0.2, 0.25) is 5.02 Å². The van der Waals surface area contributed by atoms with Crippen LogP contribution in [0, 0.1) is 0 Å². The summed E-state index contributed by atoms with van der Waals surface area (Å²) >= 11 is 5.89. The lowest BCUT2D eigenvalue weighted by Gasteiger charge is -2.33. The topological polar surface area (TPSA) is 112 Å². The fourth-order valence-electron chi connectivity index (χ4n) is 3.04. The molecule has 4 rings (SSSR count). The van der Waals surface area contributed by atoms with Crippen LogP contribution in [0.3, 0.4) is 0 Å². The number of amides is 2. The first kappa shape index (κ1) is 27.2. The van der Waals surface area contributed by atoms with Gasteiger partial charge in [-0.3, -0.25) is 9.78 Å². The molecule has 0 spiro atoms. The molecular formula is C23H31ClN6O4. The van der Waals surface area contributed by atoms with Crippen molar-refractivity contribution in [2.45, 2.75) is 27.0 Å². The predicted molar refractivity (Wildman–Crippen MR) is 130 cm³/mol. The molecular weight excluding hydrogens is 460 g/mol. The minimum absolute atomic E-state index is 0.144. The van der Waals surface area contributed by atoms with E-state index in [1.165, 1.54) is 29.1 Å². The van der Waals surface area contributed by atoms with Crippen molar-refractivity contribution in [1.29, 1.82) is 0 Å². The summed E-state index contributed by atoms with van der Waals surface area (Å²) in [6, 6.07) is 3.20. The third-order valence-electron chi connectivity index (χ3n) is 5.13. The lowest BCUT2D eigenvalue weighted by Crippen LogP contribution is -2.48. The largest absolute Gasteiger partial charge is 0.419 e. The Morgan fingerprint density at radius 2 is 1.74 bits per heavy atom. The molecule has 0 unspecified atom stereocenters. The summed E-state index contributed by atoms with van der Waals surface area (Å²) < 4.78 is 5.68. The molecule has 0 aromatic carbocycles. The number of carbonyl (C=O) groups is 2. The summed E-state index contributed by atoms with van der Waals surface area (Å²) in [6.45, 7) is 8.84. The number of aromatic nitrogens is 3. The van der Waals surface area contributed by atoms with E-state index in [9.17, 15) is 9.59 Å². The number of nitrogens with zero attached hydrogens (tertiary/aromatic N) is 6. The minimum atomic E-state index is -1.03. The molecule has 2 aromatic rings. The normalized spacial score (nSPS) is 17.0. The van der Waals surface area contributed by atoms with Gasteiger partial charge in [-0.25, -0.2) is 19.7 Å². The Kier molecular flexibility index (Phi) is 10.4. The molecule has 1 fully saturated rings. The van der Waals surface area contributed by atoms with Crippen molar-refractivity contribution in [3.8, 4) is 0 Å². The number of fused-ring (bicyclic) bond motifs is 1. The molecule has 4 heterocycles. The quantitative estimate of drug-likeness (QED) is 0.639. The zero-order valence-electron chi connectivity index (χ0n) is 20.1. The number of aliphatic hydroxyl groups is 1. The fraction of sp³-hybridized carbons (Fsp3) is 0.435. The number of allylic oxidation sites excluding steroid dienone is 2. The summed E-state index contributed by atoms with van der Waals surface area (Å²) in [4.78, 5) is 43.0. The van der Waals surface area contributed by atoms with E-state index in [0.29, 0.717) is 29.6 Å². The van der Waals surface area contributed by atoms with Crippen molar-refractivity contribution in [3.63, 3.8) is 0 Å². The highest BCUT2D eigenvalue weighted by atomic mass is 35.5. The number of anilines is 1. The molecule has 0 bridgehead atoms. The number of hydrogen-bond acceptors (Lipinski definition) is 8. The SMILES string of the molecule is CC=C(C)C.CN1CCN(C(=O)O[C@H]2c3nccnc3C(=O)N2c2ccc(Cl)cn2)CC1.CO. The molecule has 11 heteroatoms. The number of carbonyl (C=O) groups excluding carboxylic acids is 2. The first-order valence-corrected chi connectivity index (χ1v) is 11.1. The van der Waals surface area contributed by atoms with Crippen molar-refractivity contribution in [2.75, 3.05) is 45.2 Å². The van der Waals surface area contributed by atoms with Crippen molar-refractivity contribution in [3.05, 3.63) is 58.8 Å².